The van der Waals surface area contributed by atoms with Crippen LogP contribution in [0.2, 0.25) is 10.0 Å². The minimum absolute atomic E-state index is 0.172. The van der Waals surface area contributed by atoms with Gasteiger partial charge in [0.2, 0.25) is 5.91 Å². The smallest absolute Gasteiger partial charge is 0.294 e. The number of halogens is 2. The van der Waals surface area contributed by atoms with E-state index in [1.807, 2.05) is 18.9 Å². The van der Waals surface area contributed by atoms with Crippen molar-refractivity contribution in [2.24, 2.45) is 0 Å². The van der Waals surface area contributed by atoms with Crippen molar-refractivity contribution >= 4 is 46.1 Å². The molecular weight excluding hydrogens is 359 g/mol. The molecule has 23 heavy (non-hydrogen) atoms. The molecular formula is C14H16Cl2N4O2S. The molecule has 2 rings (SSSR count). The molecule has 0 unspecified atom stereocenters. The molecule has 0 spiro atoms. The van der Waals surface area contributed by atoms with Crippen LogP contribution >= 0.6 is 34.5 Å². The lowest BCUT2D eigenvalue weighted by Crippen LogP contribution is -2.30. The predicted molar refractivity (Wildman–Crippen MR) is 92.5 cm³/mol. The van der Waals surface area contributed by atoms with Gasteiger partial charge in [-0.2, -0.15) is 0 Å². The third-order valence-electron chi connectivity index (χ3n) is 2.76. The van der Waals surface area contributed by atoms with Gasteiger partial charge in [0.15, 0.2) is 0 Å². The van der Waals surface area contributed by atoms with Gasteiger partial charge in [-0.3, -0.25) is 9.69 Å². The molecule has 0 atom stereocenters. The van der Waals surface area contributed by atoms with E-state index in [1.54, 1.807) is 18.2 Å². The summed E-state index contributed by atoms with van der Waals surface area (Å²) >= 11 is 13.4. The zero-order valence-electron chi connectivity index (χ0n) is 12.7. The molecule has 1 aromatic heterocycles. The highest BCUT2D eigenvalue weighted by molar-refractivity contribution is 7.13. The first-order valence-corrected chi connectivity index (χ1v) is 8.44. The zero-order chi connectivity index (χ0) is 16.8. The first-order chi connectivity index (χ1) is 11.0. The molecule has 1 amide bonds. The largest absolute Gasteiger partial charge is 0.469 e. The summed E-state index contributed by atoms with van der Waals surface area (Å²) in [4.78, 5) is 13.9. The van der Waals surface area contributed by atoms with Gasteiger partial charge in [0.1, 0.15) is 5.01 Å². The molecule has 0 aliphatic carbocycles. The highest BCUT2D eigenvalue weighted by Crippen LogP contribution is 2.29. The van der Waals surface area contributed by atoms with Crippen molar-refractivity contribution in [1.82, 2.24) is 15.1 Å². The molecule has 0 saturated heterocycles. The van der Waals surface area contributed by atoms with E-state index in [2.05, 4.69) is 15.5 Å². The summed E-state index contributed by atoms with van der Waals surface area (Å²) in [6.45, 7) is 3.10. The van der Waals surface area contributed by atoms with Crippen LogP contribution in [-0.4, -0.2) is 41.2 Å². The highest BCUT2D eigenvalue weighted by atomic mass is 35.5. The van der Waals surface area contributed by atoms with Gasteiger partial charge in [-0.1, -0.05) is 40.6 Å². The number of hydrogen-bond acceptors (Lipinski definition) is 6. The number of amides is 1. The molecule has 9 heteroatoms. The van der Waals surface area contributed by atoms with Gasteiger partial charge in [0.05, 0.1) is 35.4 Å². The molecule has 1 N–H and O–H groups in total. The number of para-hydroxylation sites is 1. The van der Waals surface area contributed by atoms with Gasteiger partial charge in [0, 0.05) is 0 Å². The predicted octanol–water partition coefficient (Wildman–Crippen LogP) is 3.31. The van der Waals surface area contributed by atoms with E-state index in [4.69, 9.17) is 27.9 Å². The third kappa shape index (κ3) is 5.31. The van der Waals surface area contributed by atoms with Gasteiger partial charge < -0.3 is 10.1 Å². The number of hydrogen-bond donors (Lipinski definition) is 1. The molecule has 0 fully saturated rings. The second kappa shape index (κ2) is 8.44. The fourth-order valence-corrected chi connectivity index (χ4v) is 3.13. The van der Waals surface area contributed by atoms with Crippen LogP contribution in [0.1, 0.15) is 11.9 Å². The summed E-state index contributed by atoms with van der Waals surface area (Å²) < 4.78 is 5.27. The fraction of sp³-hybridized carbons (Fsp3) is 0.357. The van der Waals surface area contributed by atoms with Crippen molar-refractivity contribution < 1.29 is 9.53 Å². The molecule has 1 heterocycles. The molecule has 0 saturated carbocycles. The number of aromatic nitrogens is 2. The van der Waals surface area contributed by atoms with E-state index < -0.39 is 0 Å². The van der Waals surface area contributed by atoms with Crippen molar-refractivity contribution in [1.29, 1.82) is 0 Å². The maximum absolute atomic E-state index is 12.1. The first kappa shape index (κ1) is 17.9. The minimum atomic E-state index is -0.211. The van der Waals surface area contributed by atoms with E-state index in [9.17, 15) is 4.79 Å². The van der Waals surface area contributed by atoms with Crippen molar-refractivity contribution in [3.05, 3.63) is 33.3 Å². The van der Waals surface area contributed by atoms with Crippen LogP contribution in [0.15, 0.2) is 18.2 Å². The molecule has 1 aromatic carbocycles. The number of benzene rings is 1. The SMILES string of the molecule is CCOc1nnc(CN(C)CC(=O)Nc2c(Cl)cccc2Cl)s1. The van der Waals surface area contributed by atoms with Crippen LogP contribution in [0.5, 0.6) is 5.19 Å². The average molecular weight is 375 g/mol. The zero-order valence-corrected chi connectivity index (χ0v) is 15.0. The second-order valence-corrected chi connectivity index (χ2v) is 6.55. The molecule has 0 bridgehead atoms. The Bertz CT molecular complexity index is 660. The highest BCUT2D eigenvalue weighted by Gasteiger charge is 2.13. The number of ether oxygens (including phenoxy) is 1. The quantitative estimate of drug-likeness (QED) is 0.804. The number of anilines is 1. The number of rotatable bonds is 7. The van der Waals surface area contributed by atoms with E-state index in [0.717, 1.165) is 5.01 Å². The van der Waals surface area contributed by atoms with Gasteiger partial charge in [0.25, 0.3) is 5.19 Å². The molecule has 0 aliphatic rings. The third-order valence-corrected chi connectivity index (χ3v) is 4.21. The van der Waals surface area contributed by atoms with Gasteiger partial charge in [-0.25, -0.2) is 0 Å². The summed E-state index contributed by atoms with van der Waals surface area (Å²) in [5.74, 6) is -0.211. The summed E-state index contributed by atoms with van der Waals surface area (Å²) in [5, 5.41) is 12.8. The monoisotopic (exact) mass is 374 g/mol. The van der Waals surface area contributed by atoms with E-state index in [-0.39, 0.29) is 12.5 Å². The van der Waals surface area contributed by atoms with Crippen LogP contribution in [0.3, 0.4) is 0 Å². The lowest BCUT2D eigenvalue weighted by molar-refractivity contribution is -0.117. The Hall–Kier alpha value is -1.41. The average Bonchev–Trinajstić information content (AvgIpc) is 2.90. The van der Waals surface area contributed by atoms with Gasteiger partial charge in [-0.15, -0.1) is 10.2 Å². The number of nitrogens with one attached hydrogen (secondary N) is 1. The van der Waals surface area contributed by atoms with E-state index in [1.165, 1.54) is 11.3 Å². The Morgan fingerprint density at radius 1 is 1.35 bits per heavy atom. The van der Waals surface area contributed by atoms with Crippen LogP contribution in [0.4, 0.5) is 5.69 Å². The molecule has 0 aliphatic heterocycles. The van der Waals surface area contributed by atoms with Crippen molar-refractivity contribution in [2.75, 3.05) is 25.5 Å². The first-order valence-electron chi connectivity index (χ1n) is 6.87. The van der Waals surface area contributed by atoms with Gasteiger partial charge in [-0.05, 0) is 26.1 Å². The fourth-order valence-electron chi connectivity index (χ4n) is 1.81. The Kier molecular flexibility index (Phi) is 6.59. The number of carbonyl (C=O) groups is 1. The molecule has 0 radical (unpaired) electrons. The van der Waals surface area contributed by atoms with Crippen molar-refractivity contribution in [3.63, 3.8) is 0 Å². The Morgan fingerprint density at radius 2 is 2.04 bits per heavy atom. The van der Waals surface area contributed by atoms with Crippen molar-refractivity contribution in [2.45, 2.75) is 13.5 Å². The summed E-state index contributed by atoms with van der Waals surface area (Å²) in [5.41, 5.74) is 0.420. The number of carbonyl (C=O) groups excluding carboxylic acids is 1. The lowest BCUT2D eigenvalue weighted by Gasteiger charge is -2.15. The Labute approximate surface area is 148 Å². The van der Waals surface area contributed by atoms with Crippen LogP contribution < -0.4 is 10.1 Å². The van der Waals surface area contributed by atoms with Gasteiger partial charge >= 0.3 is 0 Å². The summed E-state index contributed by atoms with van der Waals surface area (Å²) in [6, 6.07) is 5.06. The van der Waals surface area contributed by atoms with Crippen LogP contribution in [-0.2, 0) is 11.3 Å². The maximum atomic E-state index is 12.1. The van der Waals surface area contributed by atoms with Crippen LogP contribution in [0, 0.1) is 0 Å². The number of nitrogens with zero attached hydrogens (tertiary/aromatic N) is 3. The molecule has 6 nitrogen and oxygen atoms in total. The normalized spacial score (nSPS) is 10.8. The minimum Gasteiger partial charge on any atom is -0.469 e. The lowest BCUT2D eigenvalue weighted by atomic mass is 10.3. The maximum Gasteiger partial charge on any atom is 0.294 e. The standard InChI is InChI=1S/C14H16Cl2N4O2S/c1-3-22-14-19-18-12(23-14)8-20(2)7-11(21)17-13-9(15)5-4-6-10(13)16/h4-6H,3,7-8H2,1-2H3,(H,17,21). The Morgan fingerprint density at radius 3 is 2.70 bits per heavy atom. The van der Waals surface area contributed by atoms with E-state index in [0.29, 0.717) is 34.1 Å². The molecule has 124 valence electrons. The Balaban J connectivity index is 1.89. The summed E-state index contributed by atoms with van der Waals surface area (Å²) in [6.07, 6.45) is 0. The van der Waals surface area contributed by atoms with Crippen molar-refractivity contribution in [3.8, 4) is 5.19 Å². The topological polar surface area (TPSA) is 67.4 Å². The van der Waals surface area contributed by atoms with E-state index >= 15 is 0 Å². The van der Waals surface area contributed by atoms with Crippen LogP contribution in [0.25, 0.3) is 0 Å². The molecule has 2 aromatic rings. The second-order valence-electron chi connectivity index (χ2n) is 4.71. The number of likely N-dealkylation sites (N-methyl/N-ethyl adjacent to an activating group) is 1. The summed E-state index contributed by atoms with van der Waals surface area (Å²) in [7, 11) is 1.82.